The number of rotatable bonds is 5. The van der Waals surface area contributed by atoms with E-state index in [-0.39, 0.29) is 11.9 Å². The van der Waals surface area contributed by atoms with E-state index in [0.717, 1.165) is 32.1 Å². The zero-order valence-corrected chi connectivity index (χ0v) is 12.2. The van der Waals surface area contributed by atoms with Crippen molar-refractivity contribution in [2.45, 2.75) is 65.4 Å². The van der Waals surface area contributed by atoms with E-state index in [1.807, 2.05) is 13.8 Å². The topological polar surface area (TPSA) is 46.5 Å². The van der Waals surface area contributed by atoms with E-state index < -0.39 is 5.60 Å². The summed E-state index contributed by atoms with van der Waals surface area (Å²) in [5.74, 6) is 0.535. The minimum Gasteiger partial charge on any atom is -0.466 e. The molecule has 0 aromatic rings. The summed E-state index contributed by atoms with van der Waals surface area (Å²) in [6.45, 7) is 8.65. The van der Waals surface area contributed by atoms with Gasteiger partial charge in [0.1, 0.15) is 0 Å². The molecule has 0 heterocycles. The molecule has 1 saturated carbocycles. The van der Waals surface area contributed by atoms with Crippen LogP contribution in [0.4, 0.5) is 0 Å². The molecule has 1 fully saturated rings. The van der Waals surface area contributed by atoms with Crippen LogP contribution in [0.15, 0.2) is 0 Å². The Morgan fingerprint density at radius 3 is 2.56 bits per heavy atom. The zero-order chi connectivity index (χ0) is 13.8. The Kier molecular flexibility index (Phi) is 5.64. The van der Waals surface area contributed by atoms with Gasteiger partial charge in [-0.15, -0.1) is 0 Å². The Balaban J connectivity index is 2.80. The summed E-state index contributed by atoms with van der Waals surface area (Å²) in [7, 11) is 0. The molecule has 0 bridgehead atoms. The van der Waals surface area contributed by atoms with E-state index in [1.54, 1.807) is 0 Å². The monoisotopic (exact) mass is 256 g/mol. The fourth-order valence-corrected chi connectivity index (χ4v) is 3.08. The molecule has 1 aliphatic carbocycles. The van der Waals surface area contributed by atoms with Crippen molar-refractivity contribution < 1.29 is 14.6 Å². The summed E-state index contributed by atoms with van der Waals surface area (Å²) in [5.41, 5.74) is -0.853. The van der Waals surface area contributed by atoms with Crippen molar-refractivity contribution in [3.63, 3.8) is 0 Å². The summed E-state index contributed by atoms with van der Waals surface area (Å²) >= 11 is 0. The van der Waals surface area contributed by atoms with Crippen LogP contribution < -0.4 is 0 Å². The quantitative estimate of drug-likeness (QED) is 0.769. The van der Waals surface area contributed by atoms with E-state index in [0.29, 0.717) is 18.4 Å². The van der Waals surface area contributed by atoms with Crippen LogP contribution in [0.5, 0.6) is 0 Å². The summed E-state index contributed by atoms with van der Waals surface area (Å²) in [6.07, 6.45) is 4.06. The summed E-state index contributed by atoms with van der Waals surface area (Å²) in [4.78, 5) is 12.0. The summed E-state index contributed by atoms with van der Waals surface area (Å²) < 4.78 is 5.14. The number of carbonyl (C=O) groups excluding carboxylic acids is 1. The van der Waals surface area contributed by atoms with Gasteiger partial charge in [-0.1, -0.05) is 27.2 Å². The molecule has 0 radical (unpaired) electrons. The lowest BCUT2D eigenvalue weighted by Crippen LogP contribution is -2.47. The molecule has 1 aliphatic rings. The van der Waals surface area contributed by atoms with Crippen LogP contribution in [0, 0.1) is 17.8 Å². The van der Waals surface area contributed by atoms with Crippen LogP contribution in [-0.4, -0.2) is 23.3 Å². The van der Waals surface area contributed by atoms with Gasteiger partial charge in [0, 0.05) is 0 Å². The number of hydrogen-bond acceptors (Lipinski definition) is 3. The van der Waals surface area contributed by atoms with Gasteiger partial charge < -0.3 is 9.84 Å². The second-order valence-electron chi connectivity index (χ2n) is 5.89. The van der Waals surface area contributed by atoms with Crippen molar-refractivity contribution in [1.29, 1.82) is 0 Å². The van der Waals surface area contributed by atoms with Gasteiger partial charge in [-0.3, -0.25) is 4.79 Å². The minimum absolute atomic E-state index is 0.219. The zero-order valence-electron chi connectivity index (χ0n) is 12.2. The molecule has 3 heteroatoms. The molecular formula is C15H28O3. The predicted octanol–water partition coefficient (Wildman–Crippen LogP) is 3.15. The van der Waals surface area contributed by atoms with Crippen LogP contribution >= 0.6 is 0 Å². The fraction of sp³-hybridized carbons (Fsp3) is 0.933. The van der Waals surface area contributed by atoms with Crippen LogP contribution in [-0.2, 0) is 9.53 Å². The van der Waals surface area contributed by atoms with Crippen molar-refractivity contribution in [2.75, 3.05) is 6.61 Å². The maximum Gasteiger partial charge on any atom is 0.311 e. The Morgan fingerprint density at radius 1 is 1.39 bits per heavy atom. The normalized spacial score (nSPS) is 34.1. The first-order valence-corrected chi connectivity index (χ1v) is 7.33. The van der Waals surface area contributed by atoms with Crippen molar-refractivity contribution in [1.82, 2.24) is 0 Å². The van der Waals surface area contributed by atoms with Gasteiger partial charge in [0.25, 0.3) is 0 Å². The van der Waals surface area contributed by atoms with Gasteiger partial charge >= 0.3 is 5.97 Å². The summed E-state index contributed by atoms with van der Waals surface area (Å²) in [6, 6.07) is 0. The fourth-order valence-electron chi connectivity index (χ4n) is 3.08. The number of carbonyl (C=O) groups is 1. The molecule has 0 aromatic heterocycles. The van der Waals surface area contributed by atoms with Crippen LogP contribution in [0.1, 0.15) is 59.8 Å². The Labute approximate surface area is 111 Å². The van der Waals surface area contributed by atoms with Crippen molar-refractivity contribution in [3.8, 4) is 0 Å². The highest BCUT2D eigenvalue weighted by Crippen LogP contribution is 2.42. The maximum atomic E-state index is 12.0. The van der Waals surface area contributed by atoms with Crippen LogP contribution in [0.3, 0.4) is 0 Å². The first kappa shape index (κ1) is 15.5. The standard InChI is InChI=1S/C15H28O3/c1-5-7-13(14(16)18-6-2)15(17)9-8-11(3)12(4)10-15/h11-13,17H,5-10H2,1-4H3. The number of esters is 1. The number of aliphatic hydroxyl groups is 1. The largest absolute Gasteiger partial charge is 0.466 e. The molecule has 0 aromatic carbocycles. The third-order valence-corrected chi connectivity index (χ3v) is 4.48. The Morgan fingerprint density at radius 2 is 2.06 bits per heavy atom. The van der Waals surface area contributed by atoms with Crippen LogP contribution in [0.25, 0.3) is 0 Å². The van der Waals surface area contributed by atoms with Crippen LogP contribution in [0.2, 0.25) is 0 Å². The average Bonchev–Trinajstić information content (AvgIpc) is 2.31. The van der Waals surface area contributed by atoms with E-state index in [9.17, 15) is 9.90 Å². The van der Waals surface area contributed by atoms with Gasteiger partial charge in [0.15, 0.2) is 0 Å². The molecule has 106 valence electrons. The Bertz CT molecular complexity index is 277. The highest BCUT2D eigenvalue weighted by Gasteiger charge is 2.45. The molecule has 0 aliphatic heterocycles. The first-order chi connectivity index (χ1) is 8.44. The SMILES string of the molecule is CCCC(C(=O)OCC)C1(O)CCC(C)C(C)C1. The van der Waals surface area contributed by atoms with Gasteiger partial charge in [0.05, 0.1) is 18.1 Å². The molecule has 0 saturated heterocycles. The number of hydrogen-bond donors (Lipinski definition) is 1. The lowest BCUT2D eigenvalue weighted by Gasteiger charge is -2.43. The lowest BCUT2D eigenvalue weighted by atomic mass is 9.67. The maximum absolute atomic E-state index is 12.0. The molecule has 4 unspecified atom stereocenters. The van der Waals surface area contributed by atoms with E-state index in [1.165, 1.54) is 0 Å². The molecule has 1 N–H and O–H groups in total. The second-order valence-corrected chi connectivity index (χ2v) is 5.89. The third kappa shape index (κ3) is 3.47. The van der Waals surface area contributed by atoms with Crippen molar-refractivity contribution in [2.24, 2.45) is 17.8 Å². The first-order valence-electron chi connectivity index (χ1n) is 7.33. The molecule has 4 atom stereocenters. The molecule has 1 rings (SSSR count). The smallest absolute Gasteiger partial charge is 0.311 e. The third-order valence-electron chi connectivity index (χ3n) is 4.48. The van der Waals surface area contributed by atoms with Gasteiger partial charge in [0.2, 0.25) is 0 Å². The number of ether oxygens (including phenoxy) is 1. The molecular weight excluding hydrogens is 228 g/mol. The van der Waals surface area contributed by atoms with Gasteiger partial charge in [-0.25, -0.2) is 0 Å². The van der Waals surface area contributed by atoms with E-state index in [4.69, 9.17) is 4.74 Å². The molecule has 3 nitrogen and oxygen atoms in total. The van der Waals surface area contributed by atoms with Crippen molar-refractivity contribution in [3.05, 3.63) is 0 Å². The highest BCUT2D eigenvalue weighted by atomic mass is 16.5. The minimum atomic E-state index is -0.853. The predicted molar refractivity (Wildman–Crippen MR) is 72.2 cm³/mol. The lowest BCUT2D eigenvalue weighted by molar-refractivity contribution is -0.164. The molecule has 0 spiro atoms. The van der Waals surface area contributed by atoms with Gasteiger partial charge in [-0.2, -0.15) is 0 Å². The average molecular weight is 256 g/mol. The van der Waals surface area contributed by atoms with Crippen molar-refractivity contribution >= 4 is 5.97 Å². The summed E-state index contributed by atoms with van der Waals surface area (Å²) in [5, 5.41) is 10.8. The highest BCUT2D eigenvalue weighted by molar-refractivity contribution is 5.73. The van der Waals surface area contributed by atoms with Gasteiger partial charge in [-0.05, 0) is 44.4 Å². The van der Waals surface area contributed by atoms with E-state index >= 15 is 0 Å². The van der Waals surface area contributed by atoms with E-state index in [2.05, 4.69) is 13.8 Å². The second kappa shape index (κ2) is 6.55. The Hall–Kier alpha value is -0.570. The molecule has 18 heavy (non-hydrogen) atoms. The molecule has 0 amide bonds.